The van der Waals surface area contributed by atoms with Crippen molar-refractivity contribution in [3.63, 3.8) is 0 Å². The van der Waals surface area contributed by atoms with Crippen LogP contribution in [0.15, 0.2) is 72.8 Å². The Hall–Kier alpha value is -2.94. The first-order valence-corrected chi connectivity index (χ1v) is 12.8. The Morgan fingerprint density at radius 1 is 0.676 bits per heavy atom. The van der Waals surface area contributed by atoms with Crippen LogP contribution in [0, 0.1) is 11.8 Å². The van der Waals surface area contributed by atoms with Crippen LogP contribution in [0.2, 0.25) is 0 Å². The second-order valence-corrected chi connectivity index (χ2v) is 10.1. The number of phenolic OH excluding ortho intramolecular Hbond substituents is 3. The molecular weight excluding hydrogens is 420 g/mol. The zero-order valence-electron chi connectivity index (χ0n) is 20.5. The first-order valence-electron chi connectivity index (χ1n) is 12.8. The third kappa shape index (κ3) is 5.09. The highest BCUT2D eigenvalue weighted by Gasteiger charge is 2.40. The van der Waals surface area contributed by atoms with Crippen molar-refractivity contribution in [2.24, 2.45) is 11.8 Å². The minimum absolute atomic E-state index is 0.119. The van der Waals surface area contributed by atoms with Gasteiger partial charge in [-0.2, -0.15) is 0 Å². The van der Waals surface area contributed by atoms with Crippen molar-refractivity contribution in [3.8, 4) is 17.2 Å². The average molecular weight is 459 g/mol. The highest BCUT2D eigenvalue weighted by molar-refractivity contribution is 5.43. The minimum atomic E-state index is -0.119. The molecule has 0 aromatic heterocycles. The molecule has 0 heterocycles. The first kappa shape index (κ1) is 24.2. The second-order valence-electron chi connectivity index (χ2n) is 10.1. The summed E-state index contributed by atoms with van der Waals surface area (Å²) in [7, 11) is 0. The summed E-state index contributed by atoms with van der Waals surface area (Å²) in [6.07, 6.45) is 7.88. The van der Waals surface area contributed by atoms with Gasteiger partial charge in [0.05, 0.1) is 0 Å². The van der Waals surface area contributed by atoms with E-state index in [9.17, 15) is 15.3 Å². The zero-order chi connectivity index (χ0) is 24.1. The highest BCUT2D eigenvalue weighted by Crippen LogP contribution is 2.51. The van der Waals surface area contributed by atoms with Gasteiger partial charge in [-0.15, -0.1) is 0 Å². The van der Waals surface area contributed by atoms with Crippen LogP contribution >= 0.6 is 0 Å². The number of benzene rings is 3. The molecule has 3 aromatic rings. The number of hydrogen-bond acceptors (Lipinski definition) is 3. The van der Waals surface area contributed by atoms with Gasteiger partial charge in [0.2, 0.25) is 0 Å². The van der Waals surface area contributed by atoms with Gasteiger partial charge >= 0.3 is 0 Å². The van der Waals surface area contributed by atoms with Crippen LogP contribution in [-0.2, 0) is 5.41 Å². The van der Waals surface area contributed by atoms with Crippen molar-refractivity contribution in [1.29, 1.82) is 0 Å². The van der Waals surface area contributed by atoms with Crippen LogP contribution in [0.5, 0.6) is 17.2 Å². The monoisotopic (exact) mass is 458 g/mol. The molecule has 1 aliphatic rings. The maximum atomic E-state index is 9.89. The van der Waals surface area contributed by atoms with E-state index in [4.69, 9.17) is 0 Å². The van der Waals surface area contributed by atoms with E-state index in [-0.39, 0.29) is 16.9 Å². The molecule has 1 unspecified atom stereocenters. The van der Waals surface area contributed by atoms with E-state index in [1.165, 1.54) is 36.0 Å². The lowest BCUT2D eigenvalue weighted by atomic mass is 9.60. The molecule has 1 atom stereocenters. The van der Waals surface area contributed by atoms with E-state index < -0.39 is 0 Å². The van der Waals surface area contributed by atoms with Crippen molar-refractivity contribution in [2.45, 2.75) is 70.1 Å². The van der Waals surface area contributed by atoms with Crippen LogP contribution in [0.1, 0.15) is 81.4 Å². The Kier molecular flexibility index (Phi) is 7.50. The van der Waals surface area contributed by atoms with Gasteiger partial charge in [0.25, 0.3) is 0 Å². The summed E-state index contributed by atoms with van der Waals surface area (Å²) in [5.74, 6) is 2.69. The van der Waals surface area contributed by atoms with Crippen LogP contribution < -0.4 is 0 Å². The molecule has 1 saturated carbocycles. The second kappa shape index (κ2) is 10.5. The SMILES string of the molecule is CCC(CC)CC(c1ccc(O)cc1)C1CCC(c2ccc(O)cc2)(c2ccc(O)cc2)CC1. The van der Waals surface area contributed by atoms with Gasteiger partial charge in [0.1, 0.15) is 17.2 Å². The fourth-order valence-electron chi connectivity index (χ4n) is 6.14. The molecule has 34 heavy (non-hydrogen) atoms. The summed E-state index contributed by atoms with van der Waals surface area (Å²) in [5.41, 5.74) is 3.69. The van der Waals surface area contributed by atoms with Crippen molar-refractivity contribution in [2.75, 3.05) is 0 Å². The molecular formula is C31H38O3. The Labute approximate surface area is 204 Å². The van der Waals surface area contributed by atoms with Crippen molar-refractivity contribution >= 4 is 0 Å². The molecule has 3 N–H and O–H groups in total. The van der Waals surface area contributed by atoms with E-state index in [1.54, 1.807) is 24.3 Å². The molecule has 3 nitrogen and oxygen atoms in total. The summed E-state index contributed by atoms with van der Waals surface area (Å²) in [4.78, 5) is 0. The Morgan fingerprint density at radius 2 is 1.09 bits per heavy atom. The van der Waals surface area contributed by atoms with Crippen molar-refractivity contribution in [1.82, 2.24) is 0 Å². The molecule has 1 aliphatic carbocycles. The normalized spacial score (nSPS) is 17.0. The van der Waals surface area contributed by atoms with E-state index in [0.717, 1.165) is 25.7 Å². The summed E-state index contributed by atoms with van der Waals surface area (Å²) < 4.78 is 0. The predicted molar refractivity (Wildman–Crippen MR) is 138 cm³/mol. The number of hydrogen-bond donors (Lipinski definition) is 3. The van der Waals surface area contributed by atoms with Crippen LogP contribution in [0.25, 0.3) is 0 Å². The third-order valence-corrected chi connectivity index (χ3v) is 8.36. The van der Waals surface area contributed by atoms with E-state index in [2.05, 4.69) is 50.2 Å². The lowest BCUT2D eigenvalue weighted by Crippen LogP contribution is -2.35. The summed E-state index contributed by atoms with van der Waals surface area (Å²) in [6, 6.07) is 23.3. The van der Waals surface area contributed by atoms with Crippen LogP contribution in [-0.4, -0.2) is 15.3 Å². The first-order chi connectivity index (χ1) is 16.4. The molecule has 0 bridgehead atoms. The van der Waals surface area contributed by atoms with Gasteiger partial charge < -0.3 is 15.3 Å². The molecule has 1 fully saturated rings. The number of aromatic hydroxyl groups is 3. The fourth-order valence-corrected chi connectivity index (χ4v) is 6.14. The smallest absolute Gasteiger partial charge is 0.115 e. The predicted octanol–water partition coefficient (Wildman–Crippen LogP) is 7.89. The maximum absolute atomic E-state index is 9.89. The van der Waals surface area contributed by atoms with Gasteiger partial charge in [-0.25, -0.2) is 0 Å². The average Bonchev–Trinajstić information content (AvgIpc) is 2.87. The Morgan fingerprint density at radius 3 is 1.50 bits per heavy atom. The Bertz CT molecular complexity index is 978. The zero-order valence-corrected chi connectivity index (χ0v) is 20.5. The quantitative estimate of drug-likeness (QED) is 0.322. The van der Waals surface area contributed by atoms with Gasteiger partial charge in [-0.05, 0) is 103 Å². The molecule has 0 spiro atoms. The van der Waals surface area contributed by atoms with E-state index >= 15 is 0 Å². The van der Waals surface area contributed by atoms with E-state index in [1.807, 2.05) is 12.1 Å². The molecule has 180 valence electrons. The molecule has 0 radical (unpaired) electrons. The maximum Gasteiger partial charge on any atom is 0.115 e. The van der Waals surface area contributed by atoms with Crippen molar-refractivity contribution < 1.29 is 15.3 Å². The van der Waals surface area contributed by atoms with Gasteiger partial charge in [-0.3, -0.25) is 0 Å². The fraction of sp³-hybridized carbons (Fsp3) is 0.419. The Balaban J connectivity index is 1.64. The molecule has 3 aromatic carbocycles. The molecule has 0 saturated heterocycles. The topological polar surface area (TPSA) is 60.7 Å². The van der Waals surface area contributed by atoms with Crippen molar-refractivity contribution in [3.05, 3.63) is 89.5 Å². The van der Waals surface area contributed by atoms with Gasteiger partial charge in [-0.1, -0.05) is 63.1 Å². The number of rotatable bonds is 8. The summed E-state index contributed by atoms with van der Waals surface area (Å²) >= 11 is 0. The lowest BCUT2D eigenvalue weighted by Gasteiger charge is -2.44. The highest BCUT2D eigenvalue weighted by atomic mass is 16.3. The largest absolute Gasteiger partial charge is 0.508 e. The molecule has 0 amide bonds. The minimum Gasteiger partial charge on any atom is -0.508 e. The van der Waals surface area contributed by atoms with Crippen LogP contribution in [0.4, 0.5) is 0 Å². The molecule has 0 aliphatic heterocycles. The van der Waals surface area contributed by atoms with Crippen LogP contribution in [0.3, 0.4) is 0 Å². The molecule has 4 rings (SSSR count). The molecule has 3 heteroatoms. The third-order valence-electron chi connectivity index (χ3n) is 8.36. The summed E-state index contributed by atoms with van der Waals surface area (Å²) in [6.45, 7) is 4.59. The summed E-state index contributed by atoms with van der Waals surface area (Å²) in [5, 5.41) is 29.6. The van der Waals surface area contributed by atoms with Gasteiger partial charge in [0, 0.05) is 5.41 Å². The lowest BCUT2D eigenvalue weighted by molar-refractivity contribution is 0.213. The standard InChI is InChI=1S/C31H38O3/c1-3-22(4-2)21-30(23-5-11-27(32)12-6-23)24-17-19-31(20-18-24,25-7-13-28(33)14-8-25)26-9-15-29(34)16-10-26/h5-16,22,24,30,32-34H,3-4,17-21H2,1-2H3. The van der Waals surface area contributed by atoms with Gasteiger partial charge in [0.15, 0.2) is 0 Å². The van der Waals surface area contributed by atoms with E-state index in [0.29, 0.717) is 23.5 Å². The number of phenols is 3.